The summed E-state index contributed by atoms with van der Waals surface area (Å²) < 4.78 is 16.8. The molecule has 0 unspecified atom stereocenters. The van der Waals surface area contributed by atoms with Crippen LogP contribution in [0.4, 0.5) is 10.5 Å². The number of hydrogen-bond donors (Lipinski definition) is 1. The summed E-state index contributed by atoms with van der Waals surface area (Å²) in [4.78, 5) is 51.4. The number of ether oxygens (including phenoxy) is 3. The van der Waals surface area contributed by atoms with Crippen LogP contribution in [-0.2, 0) is 27.4 Å². The van der Waals surface area contributed by atoms with Crippen molar-refractivity contribution in [2.45, 2.75) is 26.9 Å². The molecule has 0 atom stereocenters. The standard InChI is InChI=1S/C32H30N2O7/c1-5-7-24-16-22(18-27(40-6-2)28(24)41-19-21-10-8-20(3)9-11-21)17-26-29(35)33-32(38)34(30(26)36)25-14-12-23(13-15-25)31(37)39-4/h5,8-18H,1,6-7,19H2,2-4H3,(H,33,35,38)/b26-17+. The first-order valence-electron chi connectivity index (χ1n) is 12.9. The second-order valence-electron chi connectivity index (χ2n) is 9.20. The van der Waals surface area contributed by atoms with E-state index in [2.05, 4.69) is 16.6 Å². The van der Waals surface area contributed by atoms with Crippen molar-refractivity contribution in [2.75, 3.05) is 18.6 Å². The molecule has 1 aliphatic rings. The lowest BCUT2D eigenvalue weighted by molar-refractivity contribution is -0.122. The predicted molar refractivity (Wildman–Crippen MR) is 154 cm³/mol. The predicted octanol–water partition coefficient (Wildman–Crippen LogP) is 5.15. The third kappa shape index (κ3) is 6.52. The van der Waals surface area contributed by atoms with Crippen LogP contribution in [0.2, 0.25) is 0 Å². The average Bonchev–Trinajstić information content (AvgIpc) is 2.96. The summed E-state index contributed by atoms with van der Waals surface area (Å²) in [6, 6.07) is 16.3. The lowest BCUT2D eigenvalue weighted by atomic mass is 10.0. The van der Waals surface area contributed by atoms with Crippen molar-refractivity contribution >= 4 is 35.6 Å². The Morgan fingerprint density at radius 2 is 1.71 bits per heavy atom. The van der Waals surface area contributed by atoms with E-state index in [4.69, 9.17) is 9.47 Å². The molecule has 0 spiro atoms. The Balaban J connectivity index is 1.69. The second-order valence-corrected chi connectivity index (χ2v) is 9.20. The van der Waals surface area contributed by atoms with Crippen LogP contribution in [0.3, 0.4) is 0 Å². The van der Waals surface area contributed by atoms with Gasteiger partial charge in [0.15, 0.2) is 11.5 Å². The fourth-order valence-electron chi connectivity index (χ4n) is 4.26. The Morgan fingerprint density at radius 3 is 2.34 bits per heavy atom. The maximum atomic E-state index is 13.4. The molecule has 1 N–H and O–H groups in total. The van der Waals surface area contributed by atoms with E-state index in [9.17, 15) is 19.2 Å². The first-order valence-corrected chi connectivity index (χ1v) is 12.9. The SMILES string of the molecule is C=CCc1cc(/C=C2\C(=O)NC(=O)N(c3ccc(C(=O)OC)cc3)C2=O)cc(OCC)c1OCc1ccc(C)cc1. The van der Waals surface area contributed by atoms with Crippen LogP contribution >= 0.6 is 0 Å². The monoisotopic (exact) mass is 554 g/mol. The van der Waals surface area contributed by atoms with E-state index in [1.54, 1.807) is 18.2 Å². The number of benzene rings is 3. The van der Waals surface area contributed by atoms with Gasteiger partial charge in [-0.25, -0.2) is 14.5 Å². The Hall–Kier alpha value is -5.18. The fraction of sp³-hybridized carbons (Fsp3) is 0.188. The molecule has 3 aromatic rings. The molecule has 0 aromatic heterocycles. The summed E-state index contributed by atoms with van der Waals surface area (Å²) in [6.45, 7) is 8.37. The van der Waals surface area contributed by atoms with Gasteiger partial charge in [0.05, 0.1) is 25.0 Å². The molecule has 4 rings (SSSR count). The Morgan fingerprint density at radius 1 is 1.00 bits per heavy atom. The highest BCUT2D eigenvalue weighted by Crippen LogP contribution is 2.36. The number of methoxy groups -OCH3 is 1. The number of allylic oxidation sites excluding steroid dienone is 1. The van der Waals surface area contributed by atoms with Gasteiger partial charge in [0.2, 0.25) is 0 Å². The quantitative estimate of drug-likeness (QED) is 0.160. The van der Waals surface area contributed by atoms with Gasteiger partial charge in [-0.15, -0.1) is 6.58 Å². The van der Waals surface area contributed by atoms with Gasteiger partial charge in [-0.1, -0.05) is 35.9 Å². The van der Waals surface area contributed by atoms with Gasteiger partial charge in [0.1, 0.15) is 12.2 Å². The van der Waals surface area contributed by atoms with Crippen LogP contribution in [0.25, 0.3) is 6.08 Å². The number of hydrogen-bond acceptors (Lipinski definition) is 7. The highest BCUT2D eigenvalue weighted by atomic mass is 16.5. The number of amides is 4. The summed E-state index contributed by atoms with van der Waals surface area (Å²) in [5.41, 5.74) is 3.57. The molecule has 1 fully saturated rings. The van der Waals surface area contributed by atoms with Crippen LogP contribution in [0.5, 0.6) is 11.5 Å². The molecular weight excluding hydrogens is 524 g/mol. The molecular formula is C32H30N2O7. The minimum atomic E-state index is -0.898. The number of rotatable bonds is 10. The summed E-state index contributed by atoms with van der Waals surface area (Å²) >= 11 is 0. The molecule has 9 heteroatoms. The van der Waals surface area contributed by atoms with Crippen molar-refractivity contribution in [1.29, 1.82) is 0 Å². The van der Waals surface area contributed by atoms with E-state index in [1.165, 1.54) is 37.5 Å². The van der Waals surface area contributed by atoms with Gasteiger partial charge in [-0.05, 0) is 73.9 Å². The normalized spacial score (nSPS) is 14.1. The van der Waals surface area contributed by atoms with Crippen molar-refractivity contribution in [2.24, 2.45) is 0 Å². The number of aryl methyl sites for hydroxylation is 1. The van der Waals surface area contributed by atoms with Crippen molar-refractivity contribution in [1.82, 2.24) is 5.32 Å². The number of urea groups is 1. The molecule has 1 saturated heterocycles. The Kier molecular flexibility index (Phi) is 8.98. The van der Waals surface area contributed by atoms with Gasteiger partial charge < -0.3 is 14.2 Å². The molecule has 0 bridgehead atoms. The first-order chi connectivity index (χ1) is 19.7. The zero-order valence-corrected chi connectivity index (χ0v) is 23.1. The van der Waals surface area contributed by atoms with Crippen molar-refractivity contribution < 1.29 is 33.4 Å². The van der Waals surface area contributed by atoms with Gasteiger partial charge in [-0.2, -0.15) is 0 Å². The Labute approximate surface area is 238 Å². The van der Waals surface area contributed by atoms with Gasteiger partial charge in [0, 0.05) is 5.56 Å². The van der Waals surface area contributed by atoms with Crippen LogP contribution in [-0.4, -0.2) is 37.5 Å². The van der Waals surface area contributed by atoms with E-state index in [0.29, 0.717) is 36.7 Å². The fourth-order valence-corrected chi connectivity index (χ4v) is 4.26. The largest absolute Gasteiger partial charge is 0.490 e. The van der Waals surface area contributed by atoms with Crippen molar-refractivity contribution in [3.63, 3.8) is 0 Å². The lowest BCUT2D eigenvalue weighted by Gasteiger charge is -2.26. The Bertz CT molecular complexity index is 1520. The summed E-state index contributed by atoms with van der Waals surface area (Å²) in [5, 5.41) is 2.21. The molecule has 41 heavy (non-hydrogen) atoms. The molecule has 1 aliphatic heterocycles. The minimum absolute atomic E-state index is 0.181. The molecule has 210 valence electrons. The number of carbonyl (C=O) groups excluding carboxylic acids is 4. The van der Waals surface area contributed by atoms with E-state index in [-0.39, 0.29) is 16.8 Å². The molecule has 0 radical (unpaired) electrons. The molecule has 0 saturated carbocycles. The number of carbonyl (C=O) groups is 4. The second kappa shape index (κ2) is 12.8. The van der Waals surface area contributed by atoms with Crippen molar-refractivity contribution in [3.05, 3.63) is 107 Å². The van der Waals surface area contributed by atoms with Crippen LogP contribution in [0.1, 0.15) is 39.5 Å². The molecule has 3 aromatic carbocycles. The van der Waals surface area contributed by atoms with Gasteiger partial charge in [0.25, 0.3) is 11.8 Å². The summed E-state index contributed by atoms with van der Waals surface area (Å²) in [6.07, 6.45) is 3.56. The van der Waals surface area contributed by atoms with Gasteiger partial charge in [-0.3, -0.25) is 14.9 Å². The van der Waals surface area contributed by atoms with Gasteiger partial charge >= 0.3 is 12.0 Å². The van der Waals surface area contributed by atoms with E-state index in [0.717, 1.165) is 21.6 Å². The zero-order valence-electron chi connectivity index (χ0n) is 23.1. The number of imide groups is 2. The molecule has 9 nitrogen and oxygen atoms in total. The summed E-state index contributed by atoms with van der Waals surface area (Å²) in [5.74, 6) is -1.22. The summed E-state index contributed by atoms with van der Waals surface area (Å²) in [7, 11) is 1.25. The highest BCUT2D eigenvalue weighted by Gasteiger charge is 2.37. The average molecular weight is 555 g/mol. The number of barbiturate groups is 1. The molecule has 4 amide bonds. The number of anilines is 1. The highest BCUT2D eigenvalue weighted by molar-refractivity contribution is 6.39. The number of nitrogens with one attached hydrogen (secondary N) is 1. The number of esters is 1. The first kappa shape index (κ1) is 28.8. The lowest BCUT2D eigenvalue weighted by Crippen LogP contribution is -2.54. The van der Waals surface area contributed by atoms with Crippen LogP contribution in [0, 0.1) is 6.92 Å². The topological polar surface area (TPSA) is 111 Å². The minimum Gasteiger partial charge on any atom is -0.490 e. The van der Waals surface area contributed by atoms with E-state index in [1.807, 2.05) is 38.1 Å². The van der Waals surface area contributed by atoms with Crippen LogP contribution in [0.15, 0.2) is 78.9 Å². The van der Waals surface area contributed by atoms with E-state index < -0.39 is 23.8 Å². The molecule has 1 heterocycles. The van der Waals surface area contributed by atoms with Crippen LogP contribution < -0.4 is 19.7 Å². The van der Waals surface area contributed by atoms with Crippen molar-refractivity contribution in [3.8, 4) is 11.5 Å². The third-order valence-corrected chi connectivity index (χ3v) is 6.28. The number of nitrogens with zero attached hydrogens (tertiary/aromatic N) is 1. The smallest absolute Gasteiger partial charge is 0.337 e. The zero-order chi connectivity index (χ0) is 29.5. The third-order valence-electron chi connectivity index (χ3n) is 6.28. The maximum absolute atomic E-state index is 13.4. The maximum Gasteiger partial charge on any atom is 0.337 e. The molecule has 0 aliphatic carbocycles. The van der Waals surface area contributed by atoms with E-state index >= 15 is 0 Å².